The van der Waals surface area contributed by atoms with Gasteiger partial charge in [0.25, 0.3) is 0 Å². The van der Waals surface area contributed by atoms with E-state index >= 15 is 0 Å². The van der Waals surface area contributed by atoms with Crippen molar-refractivity contribution in [2.45, 2.75) is 57.9 Å². The Morgan fingerprint density at radius 1 is 1.14 bits per heavy atom. The van der Waals surface area contributed by atoms with Crippen molar-refractivity contribution in [2.24, 2.45) is 5.92 Å². The van der Waals surface area contributed by atoms with E-state index in [9.17, 15) is 0 Å². The Kier molecular flexibility index (Phi) is 4.97. The van der Waals surface area contributed by atoms with E-state index in [4.69, 9.17) is 4.42 Å². The van der Waals surface area contributed by atoms with E-state index in [1.54, 1.807) is 0 Å². The predicted octanol–water partition coefficient (Wildman–Crippen LogP) is 5.44. The molecule has 1 aromatic heterocycles. The highest BCUT2D eigenvalue weighted by Gasteiger charge is 2.21. The van der Waals surface area contributed by atoms with Gasteiger partial charge in [0.1, 0.15) is 11.3 Å². The minimum Gasteiger partial charge on any atom is -0.459 e. The van der Waals surface area contributed by atoms with Crippen LogP contribution in [-0.4, -0.2) is 6.54 Å². The third-order valence-corrected chi connectivity index (χ3v) is 4.78. The second kappa shape index (κ2) is 7.13. The van der Waals surface area contributed by atoms with E-state index in [-0.39, 0.29) is 0 Å². The quantitative estimate of drug-likeness (QED) is 0.739. The van der Waals surface area contributed by atoms with Crippen LogP contribution in [0.4, 0.5) is 0 Å². The Balaban J connectivity index is 1.76. The molecule has 1 saturated carbocycles. The summed E-state index contributed by atoms with van der Waals surface area (Å²) in [6, 6.07) is 10.9. The maximum atomic E-state index is 6.09. The minimum atomic E-state index is 0.366. The molecular formula is C19H27NO. The third kappa shape index (κ3) is 3.68. The summed E-state index contributed by atoms with van der Waals surface area (Å²) >= 11 is 0. The zero-order chi connectivity index (χ0) is 14.5. The van der Waals surface area contributed by atoms with Gasteiger partial charge in [0.2, 0.25) is 0 Å². The second-order valence-corrected chi connectivity index (χ2v) is 6.39. The standard InChI is InChI=1S/C19H27NO/c1-2-20-17(13-15-9-5-3-4-6-10-15)19-14-16-11-7-8-12-18(16)21-19/h7-8,11-12,14-15,17,20H,2-6,9-10,13H2,1H3. The van der Waals surface area contributed by atoms with E-state index in [0.29, 0.717) is 6.04 Å². The van der Waals surface area contributed by atoms with E-state index in [2.05, 4.69) is 36.5 Å². The van der Waals surface area contributed by atoms with Crippen LogP contribution in [0.3, 0.4) is 0 Å². The summed E-state index contributed by atoms with van der Waals surface area (Å²) in [4.78, 5) is 0. The van der Waals surface area contributed by atoms with Gasteiger partial charge >= 0.3 is 0 Å². The van der Waals surface area contributed by atoms with Crippen LogP contribution in [0, 0.1) is 5.92 Å². The van der Waals surface area contributed by atoms with Crippen LogP contribution < -0.4 is 5.32 Å². The maximum absolute atomic E-state index is 6.09. The second-order valence-electron chi connectivity index (χ2n) is 6.39. The minimum absolute atomic E-state index is 0.366. The zero-order valence-corrected chi connectivity index (χ0v) is 13.1. The predicted molar refractivity (Wildman–Crippen MR) is 88.4 cm³/mol. The lowest BCUT2D eigenvalue weighted by atomic mass is 9.91. The molecule has 1 atom stereocenters. The fraction of sp³-hybridized carbons (Fsp3) is 0.579. The molecule has 1 heterocycles. The number of rotatable bonds is 5. The summed E-state index contributed by atoms with van der Waals surface area (Å²) in [7, 11) is 0. The molecule has 3 rings (SSSR count). The molecule has 0 amide bonds. The molecule has 1 N–H and O–H groups in total. The number of nitrogens with one attached hydrogen (secondary N) is 1. The van der Waals surface area contributed by atoms with Crippen molar-refractivity contribution in [3.8, 4) is 0 Å². The van der Waals surface area contributed by atoms with E-state index in [0.717, 1.165) is 23.8 Å². The highest BCUT2D eigenvalue weighted by molar-refractivity contribution is 5.77. The maximum Gasteiger partial charge on any atom is 0.134 e. The number of para-hydroxylation sites is 1. The normalized spacial score (nSPS) is 18.7. The van der Waals surface area contributed by atoms with Crippen LogP contribution in [-0.2, 0) is 0 Å². The number of benzene rings is 1. The number of fused-ring (bicyclic) bond motifs is 1. The Labute approximate surface area is 127 Å². The van der Waals surface area contributed by atoms with Crippen molar-refractivity contribution in [1.82, 2.24) is 5.32 Å². The largest absolute Gasteiger partial charge is 0.459 e. The van der Waals surface area contributed by atoms with Crippen LogP contribution in [0.5, 0.6) is 0 Å². The lowest BCUT2D eigenvalue weighted by Gasteiger charge is -2.21. The highest BCUT2D eigenvalue weighted by atomic mass is 16.3. The van der Waals surface area contributed by atoms with Gasteiger partial charge in [-0.3, -0.25) is 0 Å². The average molecular weight is 285 g/mol. The fourth-order valence-electron chi connectivity index (χ4n) is 3.65. The molecule has 0 saturated heterocycles. The summed E-state index contributed by atoms with van der Waals surface area (Å²) in [5.41, 5.74) is 1.01. The molecule has 0 radical (unpaired) electrons. The van der Waals surface area contributed by atoms with E-state index < -0.39 is 0 Å². The van der Waals surface area contributed by atoms with Gasteiger partial charge in [0.05, 0.1) is 6.04 Å². The summed E-state index contributed by atoms with van der Waals surface area (Å²) in [5.74, 6) is 1.96. The number of hydrogen-bond acceptors (Lipinski definition) is 2. The van der Waals surface area contributed by atoms with Crippen molar-refractivity contribution in [3.05, 3.63) is 36.1 Å². The summed E-state index contributed by atoms with van der Waals surface area (Å²) in [5, 5.41) is 4.85. The van der Waals surface area contributed by atoms with Gasteiger partial charge in [-0.2, -0.15) is 0 Å². The van der Waals surface area contributed by atoms with Gasteiger partial charge in [0.15, 0.2) is 0 Å². The monoisotopic (exact) mass is 285 g/mol. The molecule has 0 aliphatic heterocycles. The first-order chi connectivity index (χ1) is 10.4. The topological polar surface area (TPSA) is 25.2 Å². The van der Waals surface area contributed by atoms with E-state index in [1.807, 2.05) is 6.07 Å². The van der Waals surface area contributed by atoms with Crippen molar-refractivity contribution < 1.29 is 4.42 Å². The van der Waals surface area contributed by atoms with Crippen molar-refractivity contribution in [2.75, 3.05) is 6.54 Å². The summed E-state index contributed by atoms with van der Waals surface area (Å²) in [6.07, 6.45) is 9.66. The molecule has 2 heteroatoms. The molecule has 1 aliphatic carbocycles. The number of hydrogen-bond donors (Lipinski definition) is 1. The van der Waals surface area contributed by atoms with Gasteiger partial charge in [-0.05, 0) is 31.0 Å². The van der Waals surface area contributed by atoms with Gasteiger partial charge in [0, 0.05) is 5.39 Å². The first-order valence-electron chi connectivity index (χ1n) is 8.58. The Morgan fingerprint density at radius 2 is 1.90 bits per heavy atom. The average Bonchev–Trinajstić information content (AvgIpc) is 2.77. The first-order valence-corrected chi connectivity index (χ1v) is 8.58. The van der Waals surface area contributed by atoms with Crippen molar-refractivity contribution >= 4 is 11.0 Å². The Bertz CT molecular complexity index is 518. The molecule has 1 aliphatic rings. The van der Waals surface area contributed by atoms with Crippen molar-refractivity contribution in [3.63, 3.8) is 0 Å². The Hall–Kier alpha value is -1.28. The Morgan fingerprint density at radius 3 is 2.62 bits per heavy atom. The lowest BCUT2D eigenvalue weighted by molar-refractivity contribution is 0.328. The fourth-order valence-corrected chi connectivity index (χ4v) is 3.65. The molecule has 0 spiro atoms. The zero-order valence-electron chi connectivity index (χ0n) is 13.1. The molecule has 114 valence electrons. The molecule has 21 heavy (non-hydrogen) atoms. The number of furan rings is 1. The molecule has 1 aromatic carbocycles. The highest BCUT2D eigenvalue weighted by Crippen LogP contribution is 2.33. The van der Waals surface area contributed by atoms with Crippen LogP contribution in [0.25, 0.3) is 11.0 Å². The van der Waals surface area contributed by atoms with Crippen LogP contribution in [0.15, 0.2) is 34.7 Å². The van der Waals surface area contributed by atoms with E-state index in [1.165, 1.54) is 50.3 Å². The lowest BCUT2D eigenvalue weighted by Crippen LogP contribution is -2.23. The smallest absolute Gasteiger partial charge is 0.134 e. The van der Waals surface area contributed by atoms with Crippen LogP contribution >= 0.6 is 0 Å². The molecular weight excluding hydrogens is 258 g/mol. The van der Waals surface area contributed by atoms with Gasteiger partial charge in [-0.25, -0.2) is 0 Å². The molecule has 2 aromatic rings. The van der Waals surface area contributed by atoms with Crippen LogP contribution in [0.2, 0.25) is 0 Å². The molecule has 1 fully saturated rings. The van der Waals surface area contributed by atoms with Crippen LogP contribution in [0.1, 0.15) is 63.7 Å². The molecule has 1 unspecified atom stereocenters. The molecule has 0 bridgehead atoms. The SMILES string of the molecule is CCNC(CC1CCCCCC1)c1cc2ccccc2o1. The summed E-state index contributed by atoms with van der Waals surface area (Å²) in [6.45, 7) is 3.18. The van der Waals surface area contributed by atoms with Gasteiger partial charge < -0.3 is 9.73 Å². The first kappa shape index (κ1) is 14.6. The summed E-state index contributed by atoms with van der Waals surface area (Å²) < 4.78 is 6.09. The van der Waals surface area contributed by atoms with Gasteiger partial charge in [-0.15, -0.1) is 0 Å². The third-order valence-electron chi connectivity index (χ3n) is 4.78. The molecule has 2 nitrogen and oxygen atoms in total. The van der Waals surface area contributed by atoms with Crippen molar-refractivity contribution in [1.29, 1.82) is 0 Å². The van der Waals surface area contributed by atoms with Gasteiger partial charge in [-0.1, -0.05) is 63.6 Å².